The number of carbonyl (C=O) groups is 1. The summed E-state index contributed by atoms with van der Waals surface area (Å²) in [6.07, 6.45) is 0. The molecule has 7 heteroatoms. The van der Waals surface area contributed by atoms with Gasteiger partial charge in [-0.3, -0.25) is 14.6 Å². The van der Waals surface area contributed by atoms with Gasteiger partial charge in [0.05, 0.1) is 32.1 Å². The molecule has 0 N–H and O–H groups in total. The molecule has 0 heterocycles. The summed E-state index contributed by atoms with van der Waals surface area (Å²) in [6.45, 7) is 0. The van der Waals surface area contributed by atoms with E-state index in [4.69, 9.17) is 11.6 Å². The summed E-state index contributed by atoms with van der Waals surface area (Å²) < 4.78 is 4.96. The van der Waals surface area contributed by atoms with Gasteiger partial charge in [-0.2, -0.15) is 0 Å². The minimum absolute atomic E-state index is 0.160. The molecule has 0 fully saturated rings. The van der Waals surface area contributed by atoms with Crippen molar-refractivity contribution in [1.82, 2.24) is 4.48 Å². The van der Waals surface area contributed by atoms with Crippen LogP contribution in [0.15, 0.2) is 18.2 Å². The number of carbonyl (C=O) groups excluding carboxylic acids is 1. The standard InChI is InChI=1S/C10H12ClN2O4/c1-13(2,3)7-4-5-9(17-10(11)14)8(6-7)12(15)16/h4-6H,1-3H3/q+1. The van der Waals surface area contributed by atoms with E-state index in [1.165, 1.54) is 12.1 Å². The fourth-order valence-electron chi connectivity index (χ4n) is 1.24. The third-order valence-corrected chi connectivity index (χ3v) is 2.18. The van der Waals surface area contributed by atoms with Crippen LogP contribution in [0.5, 0.6) is 5.75 Å². The average molecular weight is 260 g/mol. The molecule has 0 amide bonds. The second kappa shape index (κ2) is 4.68. The Balaban J connectivity index is 3.27. The largest absolute Gasteiger partial charge is 0.409 e. The lowest BCUT2D eigenvalue weighted by atomic mass is 10.2. The number of hydrogen-bond donors (Lipinski definition) is 0. The number of rotatable bonds is 3. The van der Waals surface area contributed by atoms with Gasteiger partial charge >= 0.3 is 11.1 Å². The maximum absolute atomic E-state index is 10.8. The first kappa shape index (κ1) is 13.4. The zero-order valence-corrected chi connectivity index (χ0v) is 10.4. The molecule has 1 aromatic carbocycles. The summed E-state index contributed by atoms with van der Waals surface area (Å²) in [4.78, 5) is 20.8. The summed E-state index contributed by atoms with van der Waals surface area (Å²) >= 11 is 5.03. The van der Waals surface area contributed by atoms with Gasteiger partial charge in [0.2, 0.25) is 5.75 Å². The van der Waals surface area contributed by atoms with Gasteiger partial charge in [-0.05, 0) is 6.07 Å². The fraction of sp³-hybridized carbons (Fsp3) is 0.300. The van der Waals surface area contributed by atoms with Crippen LogP contribution >= 0.6 is 11.6 Å². The maximum atomic E-state index is 10.8. The van der Waals surface area contributed by atoms with Gasteiger partial charge in [0, 0.05) is 17.7 Å². The van der Waals surface area contributed by atoms with Gasteiger partial charge in [-0.25, -0.2) is 4.79 Å². The van der Waals surface area contributed by atoms with Crippen molar-refractivity contribution in [3.05, 3.63) is 28.3 Å². The number of nitrogens with zero attached hydrogens (tertiary/aromatic N) is 2. The molecule has 0 saturated carbocycles. The van der Waals surface area contributed by atoms with Gasteiger partial charge in [0.1, 0.15) is 5.69 Å². The topological polar surface area (TPSA) is 69.4 Å². The first-order chi connectivity index (χ1) is 7.71. The lowest BCUT2D eigenvalue weighted by Gasteiger charge is -2.23. The zero-order chi connectivity index (χ0) is 13.2. The number of nitro benzene ring substituents is 1. The molecule has 0 aliphatic rings. The molecule has 0 aliphatic carbocycles. The number of ether oxygens (including phenoxy) is 1. The molecule has 0 bridgehead atoms. The Labute approximate surface area is 103 Å². The molecule has 92 valence electrons. The molecule has 0 unspecified atom stereocenters. The lowest BCUT2D eigenvalue weighted by molar-refractivity contribution is -0.385. The molecule has 6 nitrogen and oxygen atoms in total. The minimum atomic E-state index is -1.11. The molecule has 0 aliphatic heterocycles. The molecule has 0 aromatic heterocycles. The van der Waals surface area contributed by atoms with E-state index < -0.39 is 10.4 Å². The Morgan fingerprint density at radius 3 is 2.41 bits per heavy atom. The third-order valence-electron chi connectivity index (χ3n) is 2.10. The predicted octanol–water partition coefficient (Wildman–Crippen LogP) is 2.53. The predicted molar refractivity (Wildman–Crippen MR) is 64.5 cm³/mol. The smallest absolute Gasteiger partial charge is 0.407 e. The molecule has 17 heavy (non-hydrogen) atoms. The molecule has 0 radical (unpaired) electrons. The first-order valence-corrected chi connectivity index (χ1v) is 5.07. The Morgan fingerprint density at radius 1 is 1.41 bits per heavy atom. The molecular weight excluding hydrogens is 248 g/mol. The van der Waals surface area contributed by atoms with Crippen LogP contribution in [-0.4, -0.2) is 31.5 Å². The van der Waals surface area contributed by atoms with E-state index >= 15 is 0 Å². The average Bonchev–Trinajstić information content (AvgIpc) is 2.15. The first-order valence-electron chi connectivity index (χ1n) is 4.69. The highest BCUT2D eigenvalue weighted by atomic mass is 35.5. The van der Waals surface area contributed by atoms with Crippen molar-refractivity contribution < 1.29 is 14.5 Å². The lowest BCUT2D eigenvalue weighted by Crippen LogP contribution is -2.34. The molecule has 0 spiro atoms. The highest BCUT2D eigenvalue weighted by molar-refractivity contribution is 6.61. The highest BCUT2D eigenvalue weighted by Crippen LogP contribution is 2.32. The van der Waals surface area contributed by atoms with E-state index in [0.29, 0.717) is 10.2 Å². The maximum Gasteiger partial charge on any atom is 0.409 e. The van der Waals surface area contributed by atoms with Crippen molar-refractivity contribution in [3.8, 4) is 5.75 Å². The van der Waals surface area contributed by atoms with Crippen molar-refractivity contribution in [3.63, 3.8) is 0 Å². The summed E-state index contributed by atoms with van der Waals surface area (Å²) in [5.41, 5.74) is -0.679. The number of quaternary nitrogens is 1. The van der Waals surface area contributed by atoms with Crippen LogP contribution in [0.4, 0.5) is 16.2 Å². The Morgan fingerprint density at radius 2 is 2.00 bits per heavy atom. The normalized spacial score (nSPS) is 11.1. The summed E-state index contributed by atoms with van der Waals surface area (Å²) in [5.74, 6) is -0.160. The van der Waals surface area contributed by atoms with Crippen molar-refractivity contribution in [2.24, 2.45) is 0 Å². The number of halogens is 1. The van der Waals surface area contributed by atoms with Crippen LogP contribution in [0.2, 0.25) is 0 Å². The zero-order valence-electron chi connectivity index (χ0n) is 9.64. The summed E-state index contributed by atoms with van der Waals surface area (Å²) in [6, 6.07) is 4.36. The van der Waals surface area contributed by atoms with Crippen LogP contribution < -0.4 is 9.22 Å². The van der Waals surface area contributed by atoms with Crippen LogP contribution in [0.3, 0.4) is 0 Å². The fourth-order valence-corrected chi connectivity index (χ4v) is 1.32. The van der Waals surface area contributed by atoms with Gasteiger partial charge < -0.3 is 4.74 Å². The molecule has 1 aromatic rings. The summed E-state index contributed by atoms with van der Waals surface area (Å²) in [5, 5.41) is 10.8. The van der Waals surface area contributed by atoms with Crippen molar-refractivity contribution >= 4 is 28.4 Å². The Hall–Kier alpha value is -1.66. The van der Waals surface area contributed by atoms with Gasteiger partial charge in [0.25, 0.3) is 0 Å². The Bertz CT molecular complexity index is 468. The van der Waals surface area contributed by atoms with E-state index in [0.717, 1.165) is 0 Å². The number of nitro groups is 1. The van der Waals surface area contributed by atoms with Crippen molar-refractivity contribution in [1.29, 1.82) is 0 Å². The second-order valence-corrected chi connectivity index (χ2v) is 4.57. The second-order valence-electron chi connectivity index (χ2n) is 4.26. The van der Waals surface area contributed by atoms with Gasteiger partial charge in [0.15, 0.2) is 0 Å². The molecular formula is C10H12ClN2O4+. The third kappa shape index (κ3) is 3.40. The monoisotopic (exact) mass is 259 g/mol. The minimum Gasteiger partial charge on any atom is -0.407 e. The molecule has 0 saturated heterocycles. The van der Waals surface area contributed by atoms with Crippen LogP contribution in [-0.2, 0) is 0 Å². The van der Waals surface area contributed by atoms with Crippen molar-refractivity contribution in [2.45, 2.75) is 0 Å². The highest BCUT2D eigenvalue weighted by Gasteiger charge is 2.23. The molecule has 1 rings (SSSR count). The van der Waals surface area contributed by atoms with Crippen LogP contribution in [0, 0.1) is 10.1 Å². The van der Waals surface area contributed by atoms with E-state index in [1.54, 1.807) is 6.07 Å². The molecule has 0 atom stereocenters. The van der Waals surface area contributed by atoms with E-state index in [9.17, 15) is 14.9 Å². The van der Waals surface area contributed by atoms with E-state index in [-0.39, 0.29) is 11.4 Å². The number of benzene rings is 1. The van der Waals surface area contributed by atoms with Crippen LogP contribution in [0.1, 0.15) is 0 Å². The van der Waals surface area contributed by atoms with E-state index in [2.05, 4.69) is 4.74 Å². The quantitative estimate of drug-likeness (QED) is 0.362. The van der Waals surface area contributed by atoms with E-state index in [1.807, 2.05) is 21.1 Å². The van der Waals surface area contributed by atoms with Gasteiger partial charge in [-0.1, -0.05) is 0 Å². The SMILES string of the molecule is C[N+](C)(C)c1ccc(OC(=O)Cl)c([N+](=O)[O-])c1. The van der Waals surface area contributed by atoms with Gasteiger partial charge in [-0.15, -0.1) is 0 Å². The Kier molecular flexibility index (Phi) is 3.69. The summed E-state index contributed by atoms with van der Waals surface area (Å²) in [7, 11) is 5.60. The number of hydrogen-bond acceptors (Lipinski definition) is 4. The van der Waals surface area contributed by atoms with Crippen LogP contribution in [0.25, 0.3) is 0 Å². The van der Waals surface area contributed by atoms with Crippen molar-refractivity contribution in [2.75, 3.05) is 21.1 Å².